The largest absolute Gasteiger partial charge is 0.493 e. The van der Waals surface area contributed by atoms with Gasteiger partial charge in [-0.2, -0.15) is 0 Å². The number of carbonyl (C=O) groups is 1. The summed E-state index contributed by atoms with van der Waals surface area (Å²) in [5.41, 5.74) is 3.16. The van der Waals surface area contributed by atoms with Crippen molar-refractivity contribution in [3.05, 3.63) is 58.2 Å². The van der Waals surface area contributed by atoms with E-state index in [1.165, 1.54) is 28.3 Å². The summed E-state index contributed by atoms with van der Waals surface area (Å²) in [6, 6.07) is 5.60. The normalized spacial score (nSPS) is 15.2. The number of halogens is 2. The van der Waals surface area contributed by atoms with Gasteiger partial charge >= 0.3 is 5.97 Å². The van der Waals surface area contributed by atoms with Crippen LogP contribution < -0.4 is 14.2 Å². The first-order chi connectivity index (χ1) is 14.2. The highest BCUT2D eigenvalue weighted by Crippen LogP contribution is 2.47. The van der Waals surface area contributed by atoms with Crippen LogP contribution in [0, 0.1) is 17.6 Å². The molecule has 2 aromatic carbocycles. The Morgan fingerprint density at radius 1 is 0.967 bits per heavy atom. The molecule has 0 radical (unpaired) electrons. The molecule has 1 atom stereocenters. The van der Waals surface area contributed by atoms with Crippen molar-refractivity contribution in [3.8, 4) is 17.2 Å². The van der Waals surface area contributed by atoms with Gasteiger partial charge in [0.1, 0.15) is 0 Å². The molecule has 30 heavy (non-hydrogen) atoms. The van der Waals surface area contributed by atoms with Crippen molar-refractivity contribution < 1.29 is 32.9 Å². The van der Waals surface area contributed by atoms with Gasteiger partial charge in [0.25, 0.3) is 0 Å². The van der Waals surface area contributed by atoms with E-state index in [1.54, 1.807) is 25.1 Å². The van der Waals surface area contributed by atoms with Crippen molar-refractivity contribution in [3.63, 3.8) is 0 Å². The van der Waals surface area contributed by atoms with Crippen molar-refractivity contribution >= 4 is 23.2 Å². The van der Waals surface area contributed by atoms with Crippen LogP contribution in [0.1, 0.15) is 30.5 Å². The second kappa shape index (κ2) is 8.18. The zero-order valence-electron chi connectivity index (χ0n) is 17.3. The van der Waals surface area contributed by atoms with Crippen LogP contribution in [-0.4, -0.2) is 32.4 Å². The molecular formula is C23H22F2O5. The molecular weight excluding hydrogens is 394 g/mol. The molecule has 3 rings (SSSR count). The molecule has 0 saturated heterocycles. The monoisotopic (exact) mass is 416 g/mol. The molecule has 0 fully saturated rings. The van der Waals surface area contributed by atoms with E-state index >= 15 is 0 Å². The van der Waals surface area contributed by atoms with Crippen LogP contribution in [0.2, 0.25) is 0 Å². The number of ether oxygens (including phenoxy) is 3. The first-order valence-electron chi connectivity index (χ1n) is 9.18. The topological polar surface area (TPSA) is 65.0 Å². The van der Waals surface area contributed by atoms with Crippen molar-refractivity contribution in [1.29, 1.82) is 0 Å². The highest BCUT2D eigenvalue weighted by molar-refractivity contribution is 6.08. The van der Waals surface area contributed by atoms with Crippen LogP contribution in [0.15, 0.2) is 29.8 Å². The van der Waals surface area contributed by atoms with Gasteiger partial charge in [-0.05, 0) is 77.6 Å². The molecule has 158 valence electrons. The molecule has 1 unspecified atom stereocenters. The maximum Gasteiger partial charge on any atom is 0.310 e. The van der Waals surface area contributed by atoms with Gasteiger partial charge in [-0.1, -0.05) is 0 Å². The third kappa shape index (κ3) is 3.51. The van der Waals surface area contributed by atoms with Crippen molar-refractivity contribution in [2.75, 3.05) is 21.3 Å². The van der Waals surface area contributed by atoms with Gasteiger partial charge < -0.3 is 19.3 Å². The Morgan fingerprint density at radius 3 is 1.97 bits per heavy atom. The summed E-state index contributed by atoms with van der Waals surface area (Å²) in [6.07, 6.45) is 1.76. The molecule has 7 heteroatoms. The van der Waals surface area contributed by atoms with E-state index < -0.39 is 23.5 Å². The lowest BCUT2D eigenvalue weighted by Crippen LogP contribution is -2.11. The van der Waals surface area contributed by atoms with E-state index in [4.69, 9.17) is 14.2 Å². The summed E-state index contributed by atoms with van der Waals surface area (Å²) in [6.45, 7) is 3.27. The quantitative estimate of drug-likeness (QED) is 0.715. The van der Waals surface area contributed by atoms with Crippen LogP contribution in [-0.2, 0) is 4.79 Å². The molecule has 0 amide bonds. The Balaban J connectivity index is 2.27. The first kappa shape index (κ1) is 21.4. The van der Waals surface area contributed by atoms with Gasteiger partial charge in [0.15, 0.2) is 23.1 Å². The summed E-state index contributed by atoms with van der Waals surface area (Å²) < 4.78 is 44.1. The predicted molar refractivity (Wildman–Crippen MR) is 110 cm³/mol. The Labute approximate surface area is 173 Å². The first-order valence-corrected chi connectivity index (χ1v) is 9.18. The lowest BCUT2D eigenvalue weighted by atomic mass is 9.93. The predicted octanol–water partition coefficient (Wildman–Crippen LogP) is 5.04. The Hall–Kier alpha value is -3.35. The van der Waals surface area contributed by atoms with Gasteiger partial charge in [0.05, 0.1) is 27.2 Å². The second-order valence-corrected chi connectivity index (χ2v) is 6.93. The minimum atomic E-state index is -1.05. The van der Waals surface area contributed by atoms with Crippen molar-refractivity contribution in [2.24, 2.45) is 5.92 Å². The number of hydrogen-bond acceptors (Lipinski definition) is 4. The Bertz CT molecular complexity index is 1060. The number of fused-ring (bicyclic) bond motifs is 1. The molecule has 0 aromatic heterocycles. The molecule has 1 aliphatic rings. The van der Waals surface area contributed by atoms with E-state index in [0.29, 0.717) is 50.7 Å². The van der Waals surface area contributed by atoms with Gasteiger partial charge in [0.2, 0.25) is 5.75 Å². The van der Waals surface area contributed by atoms with Crippen LogP contribution in [0.5, 0.6) is 17.2 Å². The van der Waals surface area contributed by atoms with Crippen LogP contribution in [0.25, 0.3) is 17.2 Å². The zero-order chi connectivity index (χ0) is 22.2. The Morgan fingerprint density at radius 2 is 1.50 bits per heavy atom. The van der Waals surface area contributed by atoms with E-state index in [-0.39, 0.29) is 0 Å². The van der Waals surface area contributed by atoms with E-state index in [9.17, 15) is 18.7 Å². The average Bonchev–Trinajstić information content (AvgIpc) is 2.97. The molecule has 0 aliphatic heterocycles. The molecule has 2 aromatic rings. The molecule has 0 bridgehead atoms. The summed E-state index contributed by atoms with van der Waals surface area (Å²) in [5.74, 6) is -2.66. The number of hydrogen-bond donors (Lipinski definition) is 1. The highest BCUT2D eigenvalue weighted by atomic mass is 19.2. The lowest BCUT2D eigenvalue weighted by Gasteiger charge is -2.13. The third-order valence-corrected chi connectivity index (χ3v) is 5.25. The number of carboxylic acid groups (broad SMARTS) is 1. The molecule has 1 aliphatic carbocycles. The van der Waals surface area contributed by atoms with Crippen molar-refractivity contribution in [2.45, 2.75) is 13.8 Å². The van der Waals surface area contributed by atoms with E-state index in [0.717, 1.165) is 12.1 Å². The zero-order valence-corrected chi connectivity index (χ0v) is 17.3. The fourth-order valence-corrected chi connectivity index (χ4v) is 3.76. The second-order valence-electron chi connectivity index (χ2n) is 6.93. The standard InChI is InChI=1S/C23H22F2O5/c1-11-14(6-13-7-19(28-3)22(30-5)20(8-13)29-4)15-9-17(24)18(25)10-16(15)21(11)12(2)23(26)27/h6-10,12H,1-5H3,(H,26,27). The fourth-order valence-electron chi connectivity index (χ4n) is 3.76. The maximum atomic E-state index is 14.0. The average molecular weight is 416 g/mol. The van der Waals surface area contributed by atoms with E-state index in [1.807, 2.05) is 0 Å². The third-order valence-electron chi connectivity index (χ3n) is 5.25. The van der Waals surface area contributed by atoms with Gasteiger partial charge in [0, 0.05) is 0 Å². The molecule has 0 heterocycles. The maximum absolute atomic E-state index is 14.0. The molecule has 1 N–H and O–H groups in total. The highest BCUT2D eigenvalue weighted by Gasteiger charge is 2.31. The summed E-state index contributed by atoms with van der Waals surface area (Å²) >= 11 is 0. The van der Waals surface area contributed by atoms with Crippen LogP contribution in [0.4, 0.5) is 8.78 Å². The number of aliphatic carboxylic acids is 1. The number of rotatable bonds is 6. The van der Waals surface area contributed by atoms with Crippen molar-refractivity contribution in [1.82, 2.24) is 0 Å². The Kier molecular flexibility index (Phi) is 5.82. The van der Waals surface area contributed by atoms with Crippen LogP contribution in [0.3, 0.4) is 0 Å². The lowest BCUT2D eigenvalue weighted by molar-refractivity contribution is -0.139. The number of carboxylic acids is 1. The SMILES string of the molecule is COc1cc(C=C2C(C)=C(C(C)C(=O)O)c3cc(F)c(F)cc32)cc(OC)c1OC. The van der Waals surface area contributed by atoms with Crippen LogP contribution >= 0.6 is 0 Å². The molecule has 0 spiro atoms. The minimum absolute atomic E-state index is 0.375. The van der Waals surface area contributed by atoms with E-state index in [2.05, 4.69) is 0 Å². The van der Waals surface area contributed by atoms with Gasteiger partial charge in [-0.3, -0.25) is 4.79 Å². The summed E-state index contributed by atoms with van der Waals surface area (Å²) in [5, 5.41) is 9.51. The fraction of sp³-hybridized carbons (Fsp3) is 0.261. The number of benzene rings is 2. The summed E-state index contributed by atoms with van der Waals surface area (Å²) in [7, 11) is 4.49. The van der Waals surface area contributed by atoms with Gasteiger partial charge in [-0.15, -0.1) is 0 Å². The molecule has 5 nitrogen and oxygen atoms in total. The smallest absolute Gasteiger partial charge is 0.310 e. The molecule has 0 saturated carbocycles. The summed E-state index contributed by atoms with van der Waals surface area (Å²) in [4.78, 5) is 11.6. The number of methoxy groups -OCH3 is 3. The van der Waals surface area contributed by atoms with Gasteiger partial charge in [-0.25, -0.2) is 8.78 Å². The number of allylic oxidation sites excluding steroid dienone is 2. The minimum Gasteiger partial charge on any atom is -0.493 e.